The third-order valence-corrected chi connectivity index (χ3v) is 5.06. The van der Waals surface area contributed by atoms with Gasteiger partial charge in [0, 0.05) is 12.2 Å². The van der Waals surface area contributed by atoms with Crippen LogP contribution in [0.4, 0.5) is 14.5 Å². The van der Waals surface area contributed by atoms with Crippen LogP contribution in [0.1, 0.15) is 6.92 Å². The highest BCUT2D eigenvalue weighted by atomic mass is 32.2. The average Bonchev–Trinajstić information content (AvgIpc) is 2.67. The number of sulfonamides is 1. The molecule has 0 radical (unpaired) electrons. The van der Waals surface area contributed by atoms with E-state index in [0.717, 1.165) is 24.3 Å². The first-order valence-electron chi connectivity index (χ1n) is 8.19. The highest BCUT2D eigenvalue weighted by Gasteiger charge is 2.19. The molecule has 10 heteroatoms. The molecule has 2 rings (SSSR count). The predicted molar refractivity (Wildman–Crippen MR) is 97.0 cm³/mol. The molecule has 0 aromatic heterocycles. The van der Waals surface area contributed by atoms with Crippen LogP contribution in [0.2, 0.25) is 0 Å². The van der Waals surface area contributed by atoms with Crippen molar-refractivity contribution in [2.24, 2.45) is 0 Å². The van der Waals surface area contributed by atoms with Crippen molar-refractivity contribution >= 4 is 27.6 Å². The van der Waals surface area contributed by atoms with E-state index in [1.165, 1.54) is 29.2 Å². The Balaban J connectivity index is 1.88. The van der Waals surface area contributed by atoms with E-state index in [9.17, 15) is 26.8 Å². The average molecular weight is 412 g/mol. The van der Waals surface area contributed by atoms with E-state index in [4.69, 9.17) is 4.74 Å². The molecule has 0 bridgehead atoms. The Morgan fingerprint density at radius 3 is 2.07 bits per heavy atom. The minimum Gasteiger partial charge on any atom is -0.455 e. The number of benzene rings is 2. The summed E-state index contributed by atoms with van der Waals surface area (Å²) in [4.78, 5) is 25.0. The van der Waals surface area contributed by atoms with Crippen molar-refractivity contribution < 1.29 is 31.5 Å². The maximum absolute atomic E-state index is 13.0. The largest absolute Gasteiger partial charge is 0.455 e. The second kappa shape index (κ2) is 9.38. The van der Waals surface area contributed by atoms with Crippen molar-refractivity contribution in [2.75, 3.05) is 24.6 Å². The van der Waals surface area contributed by atoms with Gasteiger partial charge in [-0.2, -0.15) is 4.72 Å². The number of likely N-dealkylation sites (N-methyl/N-ethyl adjacent to an activating group) is 1. The lowest BCUT2D eigenvalue weighted by atomic mass is 10.2. The van der Waals surface area contributed by atoms with Crippen LogP contribution in [0, 0.1) is 11.6 Å². The summed E-state index contributed by atoms with van der Waals surface area (Å²) in [6.07, 6.45) is 0. The summed E-state index contributed by atoms with van der Waals surface area (Å²) in [6, 6.07) is 9.26. The third-order valence-electron chi connectivity index (χ3n) is 3.64. The SMILES string of the molecule is CCN(C(=O)COC(=O)CNS(=O)(=O)c1ccc(F)cc1)c1ccc(F)cc1. The van der Waals surface area contributed by atoms with Gasteiger partial charge in [-0.1, -0.05) is 0 Å². The fourth-order valence-corrected chi connectivity index (χ4v) is 3.22. The zero-order valence-electron chi connectivity index (χ0n) is 14.9. The first kappa shape index (κ1) is 21.5. The number of rotatable bonds is 8. The fraction of sp³-hybridized carbons (Fsp3) is 0.222. The molecule has 0 aliphatic carbocycles. The zero-order valence-corrected chi connectivity index (χ0v) is 15.7. The van der Waals surface area contributed by atoms with Crippen molar-refractivity contribution in [1.29, 1.82) is 0 Å². The van der Waals surface area contributed by atoms with Crippen LogP contribution in [0.15, 0.2) is 53.4 Å². The normalized spacial score (nSPS) is 11.1. The number of esters is 1. The number of nitrogens with one attached hydrogen (secondary N) is 1. The Morgan fingerprint density at radius 1 is 1.00 bits per heavy atom. The molecule has 28 heavy (non-hydrogen) atoms. The van der Waals surface area contributed by atoms with Crippen molar-refractivity contribution in [1.82, 2.24) is 4.72 Å². The lowest BCUT2D eigenvalue weighted by Crippen LogP contribution is -2.36. The van der Waals surface area contributed by atoms with Crippen LogP contribution in [-0.2, 0) is 24.3 Å². The fourth-order valence-electron chi connectivity index (χ4n) is 2.25. The zero-order chi connectivity index (χ0) is 20.7. The van der Waals surface area contributed by atoms with Gasteiger partial charge in [-0.3, -0.25) is 9.59 Å². The molecule has 150 valence electrons. The molecule has 0 unspecified atom stereocenters. The molecule has 0 heterocycles. The van der Waals surface area contributed by atoms with Gasteiger partial charge in [-0.05, 0) is 55.5 Å². The third kappa shape index (κ3) is 5.83. The molecule has 0 saturated carbocycles. The smallest absolute Gasteiger partial charge is 0.321 e. The van der Waals surface area contributed by atoms with Crippen LogP contribution < -0.4 is 9.62 Å². The second-order valence-electron chi connectivity index (χ2n) is 5.55. The summed E-state index contributed by atoms with van der Waals surface area (Å²) in [5, 5.41) is 0. The Hall–Kier alpha value is -2.85. The van der Waals surface area contributed by atoms with E-state index in [0.29, 0.717) is 5.69 Å². The minimum atomic E-state index is -4.03. The number of amides is 1. The molecule has 7 nitrogen and oxygen atoms in total. The molecule has 0 aliphatic rings. The Bertz CT molecular complexity index is 931. The van der Waals surface area contributed by atoms with Crippen LogP contribution in [-0.4, -0.2) is 40.0 Å². The van der Waals surface area contributed by atoms with Gasteiger partial charge in [0.1, 0.15) is 18.2 Å². The van der Waals surface area contributed by atoms with Crippen molar-refractivity contribution in [3.63, 3.8) is 0 Å². The summed E-state index contributed by atoms with van der Waals surface area (Å²) in [6.45, 7) is 0.650. The van der Waals surface area contributed by atoms with Gasteiger partial charge >= 0.3 is 5.97 Å². The molecule has 0 aliphatic heterocycles. The van der Waals surface area contributed by atoms with E-state index in [-0.39, 0.29) is 11.4 Å². The molecule has 0 spiro atoms. The number of nitrogens with zero attached hydrogens (tertiary/aromatic N) is 1. The predicted octanol–water partition coefficient (Wildman–Crippen LogP) is 1.84. The molecule has 0 atom stereocenters. The number of hydrogen-bond acceptors (Lipinski definition) is 5. The van der Waals surface area contributed by atoms with Gasteiger partial charge in [0.2, 0.25) is 10.0 Å². The molecule has 2 aromatic rings. The number of carbonyl (C=O) groups excluding carboxylic acids is 2. The maximum atomic E-state index is 13.0. The van der Waals surface area contributed by atoms with E-state index < -0.39 is 46.7 Å². The lowest BCUT2D eigenvalue weighted by Gasteiger charge is -2.20. The minimum absolute atomic E-state index is 0.216. The molecule has 0 fully saturated rings. The van der Waals surface area contributed by atoms with E-state index in [1.807, 2.05) is 4.72 Å². The van der Waals surface area contributed by atoms with Gasteiger partial charge in [0.05, 0.1) is 4.90 Å². The molecular formula is C18H18F2N2O5S. The topological polar surface area (TPSA) is 92.8 Å². The number of ether oxygens (including phenoxy) is 1. The van der Waals surface area contributed by atoms with Crippen LogP contribution >= 0.6 is 0 Å². The molecular weight excluding hydrogens is 394 g/mol. The van der Waals surface area contributed by atoms with Crippen molar-refractivity contribution in [3.05, 3.63) is 60.2 Å². The van der Waals surface area contributed by atoms with E-state index >= 15 is 0 Å². The summed E-state index contributed by atoms with van der Waals surface area (Å²) in [5.41, 5.74) is 0.432. The van der Waals surface area contributed by atoms with Crippen molar-refractivity contribution in [2.45, 2.75) is 11.8 Å². The molecule has 2 aromatic carbocycles. The highest BCUT2D eigenvalue weighted by Crippen LogP contribution is 2.15. The van der Waals surface area contributed by atoms with Crippen molar-refractivity contribution in [3.8, 4) is 0 Å². The quantitative estimate of drug-likeness (QED) is 0.668. The van der Waals surface area contributed by atoms with Crippen LogP contribution in [0.3, 0.4) is 0 Å². The number of halogens is 2. The molecule has 0 saturated heterocycles. The first-order valence-corrected chi connectivity index (χ1v) is 9.68. The highest BCUT2D eigenvalue weighted by molar-refractivity contribution is 7.89. The molecule has 1 amide bonds. The maximum Gasteiger partial charge on any atom is 0.321 e. The number of carbonyl (C=O) groups is 2. The standard InChI is InChI=1S/C18H18F2N2O5S/c1-2-22(15-7-3-13(19)4-8-15)17(23)12-27-18(24)11-21-28(25,26)16-9-5-14(20)6-10-16/h3-10,21H,2,11-12H2,1H3. The van der Waals surface area contributed by atoms with Gasteiger partial charge in [0.25, 0.3) is 5.91 Å². The Labute approximate surface area is 161 Å². The van der Waals surface area contributed by atoms with Gasteiger partial charge in [0.15, 0.2) is 6.61 Å². The Morgan fingerprint density at radius 2 is 1.54 bits per heavy atom. The van der Waals surface area contributed by atoms with Crippen LogP contribution in [0.5, 0.6) is 0 Å². The lowest BCUT2D eigenvalue weighted by molar-refractivity contribution is -0.146. The van der Waals surface area contributed by atoms with Crippen LogP contribution in [0.25, 0.3) is 0 Å². The summed E-state index contributed by atoms with van der Waals surface area (Å²) in [5.74, 6) is -2.57. The van der Waals surface area contributed by atoms with E-state index in [2.05, 4.69) is 0 Å². The Kier molecular flexibility index (Phi) is 7.18. The van der Waals surface area contributed by atoms with Gasteiger partial charge < -0.3 is 9.64 Å². The second-order valence-corrected chi connectivity index (χ2v) is 7.32. The van der Waals surface area contributed by atoms with Gasteiger partial charge in [-0.15, -0.1) is 0 Å². The summed E-state index contributed by atoms with van der Waals surface area (Å²) < 4.78 is 56.7. The summed E-state index contributed by atoms with van der Waals surface area (Å²) >= 11 is 0. The number of hydrogen-bond donors (Lipinski definition) is 1. The number of anilines is 1. The van der Waals surface area contributed by atoms with E-state index in [1.54, 1.807) is 6.92 Å². The monoisotopic (exact) mass is 412 g/mol. The molecule has 1 N–H and O–H groups in total. The van der Waals surface area contributed by atoms with Gasteiger partial charge in [-0.25, -0.2) is 17.2 Å². The first-order chi connectivity index (χ1) is 13.2. The summed E-state index contributed by atoms with van der Waals surface area (Å²) in [7, 11) is -4.03.